The monoisotopic (exact) mass is 240 g/mol. The number of aliphatic carboxylic acids is 1. The first-order valence-electron chi connectivity index (χ1n) is 6.37. The molecular weight excluding hydrogens is 220 g/mol. The molecule has 0 aromatic rings. The Balaban J connectivity index is 2.00. The fourth-order valence-corrected chi connectivity index (χ4v) is 3.16. The molecule has 0 aromatic heterocycles. The fourth-order valence-electron chi connectivity index (χ4n) is 3.16. The number of carbonyl (C=O) groups is 2. The second-order valence-electron chi connectivity index (χ2n) is 4.99. The van der Waals surface area contributed by atoms with Crippen molar-refractivity contribution in [2.24, 2.45) is 11.8 Å². The maximum atomic E-state index is 12.3. The summed E-state index contributed by atoms with van der Waals surface area (Å²) in [4.78, 5) is 24.4. The quantitative estimate of drug-likeness (QED) is 0.742. The summed E-state index contributed by atoms with van der Waals surface area (Å²) in [5.41, 5.74) is 0. The molecule has 5 nitrogen and oxygen atoms in total. The van der Waals surface area contributed by atoms with Crippen LogP contribution in [0.15, 0.2) is 0 Å². The van der Waals surface area contributed by atoms with Gasteiger partial charge in [-0.05, 0) is 38.1 Å². The number of likely N-dealkylation sites (N-methyl/N-ethyl adjacent to an activating group) is 1. The zero-order chi connectivity index (χ0) is 12.4. The molecule has 96 valence electrons. The van der Waals surface area contributed by atoms with Gasteiger partial charge >= 0.3 is 5.97 Å². The summed E-state index contributed by atoms with van der Waals surface area (Å²) in [5, 5.41) is 12.0. The van der Waals surface area contributed by atoms with E-state index < -0.39 is 5.97 Å². The zero-order valence-electron chi connectivity index (χ0n) is 10.2. The summed E-state index contributed by atoms with van der Waals surface area (Å²) in [5.74, 6) is 0.0586. The highest BCUT2D eigenvalue weighted by Gasteiger charge is 2.43. The van der Waals surface area contributed by atoms with Crippen LogP contribution >= 0.6 is 0 Å². The first-order chi connectivity index (χ1) is 8.13. The number of nitrogens with zero attached hydrogens (tertiary/aromatic N) is 1. The lowest BCUT2D eigenvalue weighted by molar-refractivity contribution is -0.145. The number of rotatable bonds is 4. The molecular formula is C12H20N2O3. The number of fused-ring (bicyclic) bond motifs is 1. The maximum Gasteiger partial charge on any atom is 0.323 e. The van der Waals surface area contributed by atoms with Gasteiger partial charge in [-0.2, -0.15) is 0 Å². The van der Waals surface area contributed by atoms with E-state index in [-0.39, 0.29) is 18.5 Å². The topological polar surface area (TPSA) is 69.6 Å². The molecule has 1 saturated heterocycles. The zero-order valence-corrected chi connectivity index (χ0v) is 10.2. The third-order valence-electron chi connectivity index (χ3n) is 4.03. The average molecular weight is 240 g/mol. The van der Waals surface area contributed by atoms with Crippen LogP contribution in [0.5, 0.6) is 0 Å². The number of carboxylic acid groups (broad SMARTS) is 1. The minimum atomic E-state index is -0.943. The van der Waals surface area contributed by atoms with Crippen molar-refractivity contribution in [3.63, 3.8) is 0 Å². The molecule has 1 aliphatic heterocycles. The standard InChI is InChI=1S/C12H20N2O3/c1-2-14(7-10(15)16)12(17)11-9-5-3-4-8(9)6-13-11/h8-9,11,13H,2-7H2,1H3,(H,15,16). The van der Waals surface area contributed by atoms with Crippen LogP contribution in [-0.4, -0.2) is 47.6 Å². The largest absolute Gasteiger partial charge is 0.480 e. The van der Waals surface area contributed by atoms with Gasteiger partial charge in [-0.25, -0.2) is 0 Å². The van der Waals surface area contributed by atoms with Gasteiger partial charge in [0.2, 0.25) is 5.91 Å². The number of hydrogen-bond acceptors (Lipinski definition) is 3. The lowest BCUT2D eigenvalue weighted by Crippen LogP contribution is -2.48. The van der Waals surface area contributed by atoms with Gasteiger partial charge in [0.15, 0.2) is 0 Å². The molecule has 0 spiro atoms. The predicted molar refractivity (Wildman–Crippen MR) is 62.5 cm³/mol. The first-order valence-corrected chi connectivity index (χ1v) is 6.37. The number of nitrogens with one attached hydrogen (secondary N) is 1. The molecule has 1 amide bonds. The van der Waals surface area contributed by atoms with Crippen LogP contribution < -0.4 is 5.32 Å². The highest BCUT2D eigenvalue weighted by molar-refractivity contribution is 5.86. The van der Waals surface area contributed by atoms with Crippen molar-refractivity contribution in [2.45, 2.75) is 32.2 Å². The van der Waals surface area contributed by atoms with Crippen LogP contribution in [-0.2, 0) is 9.59 Å². The van der Waals surface area contributed by atoms with Gasteiger partial charge in [0.05, 0.1) is 6.04 Å². The first kappa shape index (κ1) is 12.4. The van der Waals surface area contributed by atoms with Crippen LogP contribution in [0.1, 0.15) is 26.2 Å². The Morgan fingerprint density at radius 2 is 2.18 bits per heavy atom. The molecule has 5 heteroatoms. The maximum absolute atomic E-state index is 12.3. The SMILES string of the molecule is CCN(CC(=O)O)C(=O)C1NCC2CCCC21. The second kappa shape index (κ2) is 5.04. The van der Waals surface area contributed by atoms with Crippen molar-refractivity contribution in [1.29, 1.82) is 0 Å². The van der Waals surface area contributed by atoms with Gasteiger partial charge in [-0.1, -0.05) is 6.42 Å². The molecule has 2 rings (SSSR count). The Labute approximate surface area is 101 Å². The predicted octanol–water partition coefficient (Wildman–Crippen LogP) is 0.308. The average Bonchev–Trinajstić information content (AvgIpc) is 2.86. The van der Waals surface area contributed by atoms with Crippen molar-refractivity contribution in [3.05, 3.63) is 0 Å². The van der Waals surface area contributed by atoms with Crippen molar-refractivity contribution in [1.82, 2.24) is 10.2 Å². The Bertz CT molecular complexity index is 319. The van der Waals surface area contributed by atoms with Gasteiger partial charge in [-0.15, -0.1) is 0 Å². The van der Waals surface area contributed by atoms with E-state index in [1.54, 1.807) is 0 Å². The van der Waals surface area contributed by atoms with Crippen molar-refractivity contribution >= 4 is 11.9 Å². The summed E-state index contributed by atoms with van der Waals surface area (Å²) < 4.78 is 0. The normalized spacial score (nSPS) is 31.2. The molecule has 0 aromatic carbocycles. The second-order valence-corrected chi connectivity index (χ2v) is 4.99. The molecule has 2 N–H and O–H groups in total. The smallest absolute Gasteiger partial charge is 0.323 e. The Morgan fingerprint density at radius 3 is 2.82 bits per heavy atom. The van der Waals surface area contributed by atoms with E-state index >= 15 is 0 Å². The summed E-state index contributed by atoms with van der Waals surface area (Å²) in [6.07, 6.45) is 3.50. The van der Waals surface area contributed by atoms with Crippen LogP contribution in [0.2, 0.25) is 0 Å². The van der Waals surface area contributed by atoms with E-state index in [4.69, 9.17) is 5.11 Å². The number of carbonyl (C=O) groups excluding carboxylic acids is 1. The third kappa shape index (κ3) is 2.44. The van der Waals surface area contributed by atoms with Gasteiger partial charge in [0.1, 0.15) is 6.54 Å². The van der Waals surface area contributed by atoms with Crippen LogP contribution in [0, 0.1) is 11.8 Å². The minimum absolute atomic E-state index is 0.0377. The van der Waals surface area contributed by atoms with Crippen molar-refractivity contribution < 1.29 is 14.7 Å². The summed E-state index contributed by atoms with van der Waals surface area (Å²) >= 11 is 0. The van der Waals surface area contributed by atoms with E-state index in [9.17, 15) is 9.59 Å². The Kier molecular flexibility index (Phi) is 3.66. The lowest BCUT2D eigenvalue weighted by Gasteiger charge is -2.25. The van der Waals surface area contributed by atoms with Crippen LogP contribution in [0.25, 0.3) is 0 Å². The molecule has 2 aliphatic rings. The van der Waals surface area contributed by atoms with Gasteiger partial charge in [0, 0.05) is 6.54 Å². The lowest BCUT2D eigenvalue weighted by atomic mass is 9.93. The summed E-state index contributed by atoms with van der Waals surface area (Å²) in [6, 6.07) is -0.151. The Morgan fingerprint density at radius 1 is 1.41 bits per heavy atom. The number of hydrogen-bond donors (Lipinski definition) is 2. The molecule has 1 heterocycles. The van der Waals surface area contributed by atoms with E-state index in [0.717, 1.165) is 13.0 Å². The van der Waals surface area contributed by atoms with Gasteiger partial charge in [-0.3, -0.25) is 9.59 Å². The van der Waals surface area contributed by atoms with Crippen LogP contribution in [0.3, 0.4) is 0 Å². The molecule has 17 heavy (non-hydrogen) atoms. The highest BCUT2D eigenvalue weighted by atomic mass is 16.4. The Hall–Kier alpha value is -1.10. The number of carboxylic acids is 1. The van der Waals surface area contributed by atoms with E-state index in [1.165, 1.54) is 17.7 Å². The van der Waals surface area contributed by atoms with Gasteiger partial charge in [0.25, 0.3) is 0 Å². The molecule has 3 atom stereocenters. The minimum Gasteiger partial charge on any atom is -0.480 e. The summed E-state index contributed by atoms with van der Waals surface area (Å²) in [6.45, 7) is 3.00. The van der Waals surface area contributed by atoms with Crippen LogP contribution in [0.4, 0.5) is 0 Å². The highest BCUT2D eigenvalue weighted by Crippen LogP contribution is 2.38. The molecule has 1 aliphatic carbocycles. The molecule has 3 unspecified atom stereocenters. The van der Waals surface area contributed by atoms with E-state index in [2.05, 4.69) is 5.32 Å². The van der Waals surface area contributed by atoms with E-state index in [0.29, 0.717) is 18.4 Å². The van der Waals surface area contributed by atoms with Crippen molar-refractivity contribution in [3.8, 4) is 0 Å². The molecule has 0 radical (unpaired) electrons. The molecule has 1 saturated carbocycles. The van der Waals surface area contributed by atoms with Crippen molar-refractivity contribution in [2.75, 3.05) is 19.6 Å². The molecule has 0 bridgehead atoms. The van der Waals surface area contributed by atoms with E-state index in [1.807, 2.05) is 6.92 Å². The third-order valence-corrected chi connectivity index (χ3v) is 4.03. The summed E-state index contributed by atoms with van der Waals surface area (Å²) in [7, 11) is 0. The fraction of sp³-hybridized carbons (Fsp3) is 0.833. The molecule has 2 fully saturated rings. The van der Waals surface area contributed by atoms with Gasteiger partial charge < -0.3 is 15.3 Å². The number of amides is 1.